The van der Waals surface area contributed by atoms with Crippen molar-refractivity contribution in [1.29, 1.82) is 0 Å². The molecule has 1 aliphatic heterocycles. The summed E-state index contributed by atoms with van der Waals surface area (Å²) in [7, 11) is 0. The first kappa shape index (κ1) is 11.4. The van der Waals surface area contributed by atoms with Crippen LogP contribution in [-0.4, -0.2) is 22.5 Å². The van der Waals surface area contributed by atoms with Crippen LogP contribution in [0.2, 0.25) is 0 Å². The molecule has 0 aromatic carbocycles. The molecule has 1 aromatic rings. The van der Waals surface area contributed by atoms with Gasteiger partial charge in [-0.1, -0.05) is 13.0 Å². The van der Waals surface area contributed by atoms with Crippen LogP contribution in [0.3, 0.4) is 0 Å². The van der Waals surface area contributed by atoms with E-state index in [1.54, 1.807) is 6.20 Å². The molecule has 2 unspecified atom stereocenters. The number of nitrogens with two attached hydrogens (primary N) is 1. The second kappa shape index (κ2) is 4.83. The lowest BCUT2D eigenvalue weighted by Crippen LogP contribution is -2.40. The first-order chi connectivity index (χ1) is 7.66. The standard InChI is InChI=1S/C13H21N3/c1-10-5-6-11(2)16(8-10)9-12-4-3-7-15-13(12)14/h3-4,7,10-11H,5-6,8-9H2,1-2H3,(H2,14,15). The van der Waals surface area contributed by atoms with Gasteiger partial charge in [0, 0.05) is 30.9 Å². The Morgan fingerprint density at radius 2 is 2.25 bits per heavy atom. The van der Waals surface area contributed by atoms with Crippen LogP contribution in [0, 0.1) is 5.92 Å². The van der Waals surface area contributed by atoms with E-state index in [2.05, 4.69) is 29.8 Å². The molecule has 3 heteroatoms. The first-order valence-electron chi connectivity index (χ1n) is 6.10. The molecule has 0 saturated carbocycles. The predicted octanol–water partition coefficient (Wildman–Crippen LogP) is 2.28. The van der Waals surface area contributed by atoms with E-state index in [0.29, 0.717) is 11.9 Å². The van der Waals surface area contributed by atoms with Gasteiger partial charge >= 0.3 is 0 Å². The summed E-state index contributed by atoms with van der Waals surface area (Å²) in [5.74, 6) is 1.47. The Morgan fingerprint density at radius 1 is 1.44 bits per heavy atom. The fourth-order valence-electron chi connectivity index (χ4n) is 2.40. The van der Waals surface area contributed by atoms with Crippen molar-refractivity contribution < 1.29 is 0 Å². The van der Waals surface area contributed by atoms with Crippen molar-refractivity contribution in [3.63, 3.8) is 0 Å². The van der Waals surface area contributed by atoms with E-state index in [1.807, 2.05) is 6.07 Å². The fourth-order valence-corrected chi connectivity index (χ4v) is 2.40. The van der Waals surface area contributed by atoms with Crippen LogP contribution in [0.25, 0.3) is 0 Å². The average Bonchev–Trinajstić information content (AvgIpc) is 2.27. The smallest absolute Gasteiger partial charge is 0.127 e. The number of nitrogens with zero attached hydrogens (tertiary/aromatic N) is 2. The Hall–Kier alpha value is -1.09. The van der Waals surface area contributed by atoms with E-state index < -0.39 is 0 Å². The Balaban J connectivity index is 2.06. The minimum Gasteiger partial charge on any atom is -0.383 e. The number of hydrogen-bond acceptors (Lipinski definition) is 3. The molecule has 0 aliphatic carbocycles. The Bertz CT molecular complexity index is 351. The lowest BCUT2D eigenvalue weighted by molar-refractivity contribution is 0.117. The van der Waals surface area contributed by atoms with Crippen molar-refractivity contribution in [2.45, 2.75) is 39.3 Å². The van der Waals surface area contributed by atoms with Crippen LogP contribution in [0.15, 0.2) is 18.3 Å². The summed E-state index contributed by atoms with van der Waals surface area (Å²) in [5.41, 5.74) is 7.04. The third-order valence-corrected chi connectivity index (χ3v) is 3.55. The van der Waals surface area contributed by atoms with E-state index >= 15 is 0 Å². The van der Waals surface area contributed by atoms with Crippen LogP contribution in [0.4, 0.5) is 5.82 Å². The van der Waals surface area contributed by atoms with Gasteiger partial charge in [-0.3, -0.25) is 4.90 Å². The van der Waals surface area contributed by atoms with Gasteiger partial charge in [0.2, 0.25) is 0 Å². The number of anilines is 1. The number of piperidine rings is 1. The van der Waals surface area contributed by atoms with Crippen LogP contribution >= 0.6 is 0 Å². The maximum Gasteiger partial charge on any atom is 0.127 e. The van der Waals surface area contributed by atoms with E-state index in [-0.39, 0.29) is 0 Å². The van der Waals surface area contributed by atoms with E-state index in [9.17, 15) is 0 Å². The molecule has 2 N–H and O–H groups in total. The summed E-state index contributed by atoms with van der Waals surface area (Å²) >= 11 is 0. The maximum absolute atomic E-state index is 5.88. The number of pyridine rings is 1. The second-order valence-corrected chi connectivity index (χ2v) is 5.01. The van der Waals surface area contributed by atoms with E-state index in [0.717, 1.165) is 18.0 Å². The molecule has 2 atom stereocenters. The third kappa shape index (κ3) is 2.53. The SMILES string of the molecule is CC1CCC(C)N(Cc2cccnc2N)C1. The van der Waals surface area contributed by atoms with Crippen molar-refractivity contribution in [3.8, 4) is 0 Å². The topological polar surface area (TPSA) is 42.2 Å². The highest BCUT2D eigenvalue weighted by Crippen LogP contribution is 2.24. The molecule has 1 saturated heterocycles. The van der Waals surface area contributed by atoms with Crippen molar-refractivity contribution in [3.05, 3.63) is 23.9 Å². The fraction of sp³-hybridized carbons (Fsp3) is 0.615. The molecule has 0 spiro atoms. The lowest BCUT2D eigenvalue weighted by atomic mass is 9.94. The predicted molar refractivity (Wildman–Crippen MR) is 66.9 cm³/mol. The van der Waals surface area contributed by atoms with Crippen molar-refractivity contribution in [2.24, 2.45) is 5.92 Å². The summed E-state index contributed by atoms with van der Waals surface area (Å²) < 4.78 is 0. The van der Waals surface area contributed by atoms with E-state index in [1.165, 1.54) is 19.4 Å². The van der Waals surface area contributed by atoms with Crippen LogP contribution in [-0.2, 0) is 6.54 Å². The van der Waals surface area contributed by atoms with Crippen molar-refractivity contribution in [2.75, 3.05) is 12.3 Å². The zero-order chi connectivity index (χ0) is 11.5. The van der Waals surface area contributed by atoms with Gasteiger partial charge in [-0.05, 0) is 31.7 Å². The third-order valence-electron chi connectivity index (χ3n) is 3.55. The van der Waals surface area contributed by atoms with Gasteiger partial charge in [-0.15, -0.1) is 0 Å². The lowest BCUT2D eigenvalue weighted by Gasteiger charge is -2.36. The number of nitrogen functional groups attached to an aromatic ring is 1. The molecule has 0 radical (unpaired) electrons. The van der Waals surface area contributed by atoms with Crippen LogP contribution < -0.4 is 5.73 Å². The highest BCUT2D eigenvalue weighted by Gasteiger charge is 2.23. The molecule has 1 fully saturated rings. The minimum absolute atomic E-state index is 0.663. The zero-order valence-electron chi connectivity index (χ0n) is 10.2. The Morgan fingerprint density at radius 3 is 3.00 bits per heavy atom. The average molecular weight is 219 g/mol. The maximum atomic E-state index is 5.88. The van der Waals surface area contributed by atoms with Crippen molar-refractivity contribution >= 4 is 5.82 Å². The van der Waals surface area contributed by atoms with Gasteiger partial charge in [0.1, 0.15) is 5.82 Å². The molecule has 1 aromatic heterocycles. The van der Waals surface area contributed by atoms with Gasteiger partial charge in [0.25, 0.3) is 0 Å². The van der Waals surface area contributed by atoms with Gasteiger partial charge < -0.3 is 5.73 Å². The summed E-state index contributed by atoms with van der Waals surface area (Å²) in [6, 6.07) is 4.70. The molecular weight excluding hydrogens is 198 g/mol. The highest BCUT2D eigenvalue weighted by molar-refractivity contribution is 5.38. The van der Waals surface area contributed by atoms with Crippen LogP contribution in [0.1, 0.15) is 32.3 Å². The van der Waals surface area contributed by atoms with Crippen molar-refractivity contribution in [1.82, 2.24) is 9.88 Å². The largest absolute Gasteiger partial charge is 0.383 e. The molecule has 0 amide bonds. The Kier molecular flexibility index (Phi) is 3.44. The van der Waals surface area contributed by atoms with Gasteiger partial charge in [-0.2, -0.15) is 0 Å². The number of aromatic nitrogens is 1. The highest BCUT2D eigenvalue weighted by atomic mass is 15.2. The van der Waals surface area contributed by atoms with Gasteiger partial charge in [0.05, 0.1) is 0 Å². The van der Waals surface area contributed by atoms with E-state index in [4.69, 9.17) is 5.73 Å². The summed E-state index contributed by atoms with van der Waals surface area (Å²) in [5, 5.41) is 0. The molecule has 3 nitrogen and oxygen atoms in total. The molecule has 2 heterocycles. The van der Waals surface area contributed by atoms with Crippen LogP contribution in [0.5, 0.6) is 0 Å². The summed E-state index contributed by atoms with van der Waals surface area (Å²) in [6.07, 6.45) is 4.39. The molecule has 2 rings (SSSR count). The quantitative estimate of drug-likeness (QED) is 0.829. The summed E-state index contributed by atoms with van der Waals surface area (Å²) in [6.45, 7) is 6.74. The normalized spacial score (nSPS) is 26.9. The molecule has 1 aliphatic rings. The molecule has 0 bridgehead atoms. The molecular formula is C13H21N3. The Labute approximate surface area is 97.7 Å². The number of hydrogen-bond donors (Lipinski definition) is 1. The van der Waals surface area contributed by atoms with Gasteiger partial charge in [-0.25, -0.2) is 4.98 Å². The monoisotopic (exact) mass is 219 g/mol. The number of rotatable bonds is 2. The first-order valence-corrected chi connectivity index (χ1v) is 6.10. The summed E-state index contributed by atoms with van der Waals surface area (Å²) in [4.78, 5) is 6.66. The zero-order valence-corrected chi connectivity index (χ0v) is 10.2. The second-order valence-electron chi connectivity index (χ2n) is 5.01. The van der Waals surface area contributed by atoms with Gasteiger partial charge in [0.15, 0.2) is 0 Å². The molecule has 16 heavy (non-hydrogen) atoms. The number of likely N-dealkylation sites (tertiary alicyclic amines) is 1. The molecule has 88 valence electrons. The minimum atomic E-state index is 0.663.